The number of piperazine rings is 1. The number of hydrogen-bond donors (Lipinski definition) is 2. The average Bonchev–Trinajstić information content (AvgIpc) is 2.84. The first-order valence-corrected chi connectivity index (χ1v) is 12.3. The van der Waals surface area contributed by atoms with Crippen molar-refractivity contribution in [2.24, 2.45) is 0 Å². The molecule has 0 saturated carbocycles. The Bertz CT molecular complexity index is 996. The number of anilines is 2. The van der Waals surface area contributed by atoms with Crippen molar-refractivity contribution >= 4 is 29.2 Å². The van der Waals surface area contributed by atoms with Gasteiger partial charge in [-0.1, -0.05) is 24.6 Å². The van der Waals surface area contributed by atoms with Crippen molar-refractivity contribution in [2.75, 3.05) is 49.5 Å². The Morgan fingerprint density at radius 3 is 2.14 bits per heavy atom. The van der Waals surface area contributed by atoms with E-state index >= 15 is 0 Å². The first-order chi connectivity index (χ1) is 16.8. The van der Waals surface area contributed by atoms with Crippen LogP contribution in [0, 0.1) is 6.92 Å². The van der Waals surface area contributed by atoms with E-state index in [-0.39, 0.29) is 30.4 Å². The maximum atomic E-state index is 12.8. The molecule has 2 aromatic carbocycles. The largest absolute Gasteiger partial charge is 0.368 e. The summed E-state index contributed by atoms with van der Waals surface area (Å²) in [6.45, 7) is 11.1. The Kier molecular flexibility index (Phi) is 9.11. The van der Waals surface area contributed by atoms with Crippen LogP contribution in [-0.2, 0) is 4.79 Å². The number of benzene rings is 2. The maximum absolute atomic E-state index is 12.8. The van der Waals surface area contributed by atoms with E-state index in [9.17, 15) is 14.4 Å². The lowest BCUT2D eigenvalue weighted by molar-refractivity contribution is -0.116. The van der Waals surface area contributed by atoms with Gasteiger partial charge in [0.1, 0.15) is 6.54 Å². The molecule has 1 aliphatic rings. The monoisotopic (exact) mass is 479 g/mol. The predicted octanol–water partition coefficient (Wildman–Crippen LogP) is 3.73. The number of carbonyl (C=O) groups excluding carboxylic acids is 3. The van der Waals surface area contributed by atoms with Gasteiger partial charge in [0.25, 0.3) is 5.91 Å². The molecule has 2 N–H and O–H groups in total. The molecule has 2 aromatic rings. The van der Waals surface area contributed by atoms with Gasteiger partial charge < -0.3 is 25.3 Å². The minimum atomic E-state index is -0.229. The second kappa shape index (κ2) is 12.2. The molecule has 0 unspecified atom stereocenters. The summed E-state index contributed by atoms with van der Waals surface area (Å²) in [5.74, 6) is -0.157. The molecular weight excluding hydrogens is 442 g/mol. The molecular formula is C27H37N5O3. The second-order valence-electron chi connectivity index (χ2n) is 9.27. The molecule has 1 fully saturated rings. The van der Waals surface area contributed by atoms with Crippen LogP contribution in [0.15, 0.2) is 48.5 Å². The van der Waals surface area contributed by atoms with E-state index in [2.05, 4.69) is 15.5 Å². The van der Waals surface area contributed by atoms with Crippen LogP contribution in [0.5, 0.6) is 0 Å². The molecule has 3 rings (SSSR count). The number of hydrogen-bond acceptors (Lipinski definition) is 4. The Morgan fingerprint density at radius 2 is 1.57 bits per heavy atom. The van der Waals surface area contributed by atoms with E-state index in [1.807, 2.05) is 81.1 Å². The molecule has 1 aliphatic heterocycles. The summed E-state index contributed by atoms with van der Waals surface area (Å²) < 4.78 is 0. The molecule has 0 aliphatic carbocycles. The van der Waals surface area contributed by atoms with Crippen LogP contribution in [0.4, 0.5) is 16.2 Å². The summed E-state index contributed by atoms with van der Waals surface area (Å²) in [6.07, 6.45) is 0.775. The van der Waals surface area contributed by atoms with Gasteiger partial charge in [-0.2, -0.15) is 0 Å². The molecule has 0 aromatic heterocycles. The smallest absolute Gasteiger partial charge is 0.318 e. The normalized spacial score (nSPS) is 13.5. The van der Waals surface area contributed by atoms with E-state index in [0.717, 1.165) is 36.3 Å². The van der Waals surface area contributed by atoms with Gasteiger partial charge >= 0.3 is 6.03 Å². The molecule has 4 amide bonds. The fraction of sp³-hybridized carbons (Fsp3) is 0.444. The summed E-state index contributed by atoms with van der Waals surface area (Å²) in [7, 11) is 0. The van der Waals surface area contributed by atoms with Gasteiger partial charge in [0.15, 0.2) is 0 Å². The van der Waals surface area contributed by atoms with Gasteiger partial charge in [-0.3, -0.25) is 9.59 Å². The first-order valence-electron chi connectivity index (χ1n) is 12.3. The number of amides is 4. The third-order valence-electron chi connectivity index (χ3n) is 5.91. The van der Waals surface area contributed by atoms with Gasteiger partial charge in [0.05, 0.1) is 0 Å². The number of urea groups is 1. The lowest BCUT2D eigenvalue weighted by atomic mass is 10.1. The summed E-state index contributed by atoms with van der Waals surface area (Å²) in [6, 6.07) is 15.2. The first kappa shape index (κ1) is 26.1. The van der Waals surface area contributed by atoms with Crippen molar-refractivity contribution < 1.29 is 14.4 Å². The van der Waals surface area contributed by atoms with Crippen LogP contribution in [0.25, 0.3) is 0 Å². The highest BCUT2D eigenvalue weighted by atomic mass is 16.2. The van der Waals surface area contributed by atoms with Crippen molar-refractivity contribution in [1.82, 2.24) is 15.1 Å². The van der Waals surface area contributed by atoms with Crippen LogP contribution in [0.1, 0.15) is 43.1 Å². The highest BCUT2D eigenvalue weighted by Crippen LogP contribution is 2.20. The molecule has 0 spiro atoms. The van der Waals surface area contributed by atoms with Gasteiger partial charge in [-0.25, -0.2) is 4.79 Å². The van der Waals surface area contributed by atoms with Crippen LogP contribution < -0.4 is 15.5 Å². The minimum absolute atomic E-state index is 0.00508. The third kappa shape index (κ3) is 7.47. The molecule has 1 heterocycles. The van der Waals surface area contributed by atoms with Crippen LogP contribution >= 0.6 is 0 Å². The fourth-order valence-electron chi connectivity index (χ4n) is 4.04. The quantitative estimate of drug-likeness (QED) is 0.604. The van der Waals surface area contributed by atoms with Crippen LogP contribution in [-0.4, -0.2) is 73.0 Å². The SMILES string of the molecule is CCCN(CC(=O)Nc1ccc(N2CCN(C(=O)c3ccc(C)cc3)CC2)cc1)C(=O)NC(C)C. The van der Waals surface area contributed by atoms with Crippen LogP contribution in [0.3, 0.4) is 0 Å². The molecule has 188 valence electrons. The zero-order chi connectivity index (χ0) is 25.4. The summed E-state index contributed by atoms with van der Waals surface area (Å²) in [4.78, 5) is 43.3. The summed E-state index contributed by atoms with van der Waals surface area (Å²) in [5, 5.41) is 5.72. The molecule has 0 radical (unpaired) electrons. The number of carbonyl (C=O) groups is 3. The fourth-order valence-corrected chi connectivity index (χ4v) is 4.04. The van der Waals surface area contributed by atoms with Crippen molar-refractivity contribution in [3.05, 3.63) is 59.7 Å². The number of rotatable bonds is 8. The van der Waals surface area contributed by atoms with Gasteiger partial charge in [-0.05, 0) is 63.6 Å². The van der Waals surface area contributed by atoms with E-state index in [0.29, 0.717) is 25.3 Å². The van der Waals surface area contributed by atoms with Crippen molar-refractivity contribution in [1.29, 1.82) is 0 Å². The van der Waals surface area contributed by atoms with Crippen molar-refractivity contribution in [3.8, 4) is 0 Å². The Hall–Kier alpha value is -3.55. The number of aryl methyl sites for hydroxylation is 1. The van der Waals surface area contributed by atoms with Gasteiger partial charge in [0, 0.05) is 55.7 Å². The Balaban J connectivity index is 1.51. The molecule has 8 heteroatoms. The second-order valence-corrected chi connectivity index (χ2v) is 9.27. The topological polar surface area (TPSA) is 85.0 Å². The van der Waals surface area contributed by atoms with E-state index in [1.54, 1.807) is 0 Å². The van der Waals surface area contributed by atoms with E-state index < -0.39 is 0 Å². The molecule has 0 atom stereocenters. The van der Waals surface area contributed by atoms with Gasteiger partial charge in [-0.15, -0.1) is 0 Å². The highest BCUT2D eigenvalue weighted by molar-refractivity contribution is 5.95. The summed E-state index contributed by atoms with van der Waals surface area (Å²) >= 11 is 0. The average molecular weight is 480 g/mol. The molecule has 1 saturated heterocycles. The Morgan fingerprint density at radius 1 is 0.943 bits per heavy atom. The minimum Gasteiger partial charge on any atom is -0.368 e. The van der Waals surface area contributed by atoms with Crippen molar-refractivity contribution in [2.45, 2.75) is 40.2 Å². The zero-order valence-electron chi connectivity index (χ0n) is 21.2. The number of nitrogens with one attached hydrogen (secondary N) is 2. The van der Waals surface area contributed by atoms with E-state index in [4.69, 9.17) is 0 Å². The standard InChI is InChI=1S/C27H37N5O3/c1-5-14-32(27(35)28-20(2)3)19-25(33)29-23-10-12-24(13-11-23)30-15-17-31(18-16-30)26(34)22-8-6-21(4)7-9-22/h6-13,20H,5,14-19H2,1-4H3,(H,28,35)(H,29,33). The zero-order valence-corrected chi connectivity index (χ0v) is 21.2. The lowest BCUT2D eigenvalue weighted by Crippen LogP contribution is -2.48. The molecule has 8 nitrogen and oxygen atoms in total. The van der Waals surface area contributed by atoms with Crippen molar-refractivity contribution in [3.63, 3.8) is 0 Å². The number of nitrogens with zero attached hydrogens (tertiary/aromatic N) is 3. The molecule has 0 bridgehead atoms. The van der Waals surface area contributed by atoms with E-state index in [1.165, 1.54) is 4.90 Å². The predicted molar refractivity (Wildman–Crippen MR) is 140 cm³/mol. The lowest BCUT2D eigenvalue weighted by Gasteiger charge is -2.36. The maximum Gasteiger partial charge on any atom is 0.318 e. The van der Waals surface area contributed by atoms with Crippen LogP contribution in [0.2, 0.25) is 0 Å². The third-order valence-corrected chi connectivity index (χ3v) is 5.91. The molecule has 35 heavy (non-hydrogen) atoms. The summed E-state index contributed by atoms with van der Waals surface area (Å²) in [5.41, 5.74) is 3.60. The highest BCUT2D eigenvalue weighted by Gasteiger charge is 2.22. The van der Waals surface area contributed by atoms with Gasteiger partial charge in [0.2, 0.25) is 5.91 Å². The Labute approximate surface area is 208 Å².